The first-order valence-corrected chi connectivity index (χ1v) is 8.96. The molecule has 2 aromatic rings. The van der Waals surface area contributed by atoms with Crippen LogP contribution in [0.2, 0.25) is 0 Å². The number of hydrogen-bond acceptors (Lipinski definition) is 1. The molecule has 3 rings (SSSR count). The maximum absolute atomic E-state index is 2.56. The molecule has 1 fully saturated rings. The molecule has 0 atom stereocenters. The van der Waals surface area contributed by atoms with E-state index in [1.165, 1.54) is 36.8 Å². The molecular weight excluding hydrogens is 278 g/mol. The van der Waals surface area contributed by atoms with Crippen molar-refractivity contribution in [3.63, 3.8) is 0 Å². The monoisotopic (exact) mass is 307 g/mol. The second-order valence-electron chi connectivity index (χ2n) is 7.30. The zero-order chi connectivity index (χ0) is 16.3. The van der Waals surface area contributed by atoms with Crippen molar-refractivity contribution in [3.8, 4) is 0 Å². The summed E-state index contributed by atoms with van der Waals surface area (Å²) in [7, 11) is 2.29. The molecule has 0 unspecified atom stereocenters. The minimum Gasteiger partial charge on any atom is -0.301 e. The van der Waals surface area contributed by atoms with E-state index in [4.69, 9.17) is 0 Å². The Hall–Kier alpha value is -1.60. The van der Waals surface area contributed by atoms with Crippen molar-refractivity contribution in [2.75, 3.05) is 7.05 Å². The van der Waals surface area contributed by atoms with Crippen LogP contribution in [0.3, 0.4) is 0 Å². The molecule has 1 saturated carbocycles. The van der Waals surface area contributed by atoms with Crippen LogP contribution in [-0.4, -0.2) is 24.0 Å². The number of hydrogen-bond donors (Lipinski definition) is 0. The molecule has 23 heavy (non-hydrogen) atoms. The highest BCUT2D eigenvalue weighted by Crippen LogP contribution is 2.45. The van der Waals surface area contributed by atoms with Crippen molar-refractivity contribution in [1.29, 1.82) is 0 Å². The summed E-state index contributed by atoms with van der Waals surface area (Å²) in [6.45, 7) is 4.60. The third-order valence-corrected chi connectivity index (χ3v) is 5.85. The Labute approximate surface area is 141 Å². The molecule has 0 bridgehead atoms. The topological polar surface area (TPSA) is 3.24 Å². The molecule has 0 amide bonds. The van der Waals surface area contributed by atoms with Gasteiger partial charge in [-0.05, 0) is 57.7 Å². The summed E-state index contributed by atoms with van der Waals surface area (Å²) in [5.41, 5.74) is 3.16. The van der Waals surface area contributed by atoms with E-state index in [0.29, 0.717) is 6.04 Å². The Bertz CT molecular complexity index is 553. The molecule has 2 aromatic carbocycles. The van der Waals surface area contributed by atoms with Gasteiger partial charge in [0.05, 0.1) is 0 Å². The van der Waals surface area contributed by atoms with Gasteiger partial charge in [-0.15, -0.1) is 0 Å². The SMILES string of the molecule is CC(C)N(C)C1CCC(c2ccccc2)(c2ccccc2)CC1. The summed E-state index contributed by atoms with van der Waals surface area (Å²) in [4.78, 5) is 2.56. The lowest BCUT2D eigenvalue weighted by atomic mass is 9.64. The maximum Gasteiger partial charge on any atom is 0.0204 e. The van der Waals surface area contributed by atoms with Crippen LogP contribution in [0.1, 0.15) is 50.7 Å². The van der Waals surface area contributed by atoms with Crippen molar-refractivity contribution in [2.24, 2.45) is 0 Å². The molecule has 0 saturated heterocycles. The van der Waals surface area contributed by atoms with E-state index in [0.717, 1.165) is 6.04 Å². The molecule has 1 nitrogen and oxygen atoms in total. The average Bonchev–Trinajstić information content (AvgIpc) is 2.62. The highest BCUT2D eigenvalue weighted by atomic mass is 15.1. The van der Waals surface area contributed by atoms with Gasteiger partial charge < -0.3 is 4.90 Å². The summed E-state index contributed by atoms with van der Waals surface area (Å²) in [5, 5.41) is 0. The molecule has 1 aliphatic rings. The first kappa shape index (κ1) is 16.3. The minimum absolute atomic E-state index is 0.191. The summed E-state index contributed by atoms with van der Waals surface area (Å²) in [6.07, 6.45) is 5.03. The standard InChI is InChI=1S/C22H29N/c1-18(2)23(3)21-14-16-22(17-15-21,19-10-6-4-7-11-19)20-12-8-5-9-13-20/h4-13,18,21H,14-17H2,1-3H3. The fourth-order valence-electron chi connectivity index (χ4n) is 4.18. The van der Waals surface area contributed by atoms with Crippen LogP contribution in [0.4, 0.5) is 0 Å². The van der Waals surface area contributed by atoms with Gasteiger partial charge in [-0.3, -0.25) is 0 Å². The predicted octanol–water partition coefficient (Wildman–Crippen LogP) is 5.26. The minimum atomic E-state index is 0.191. The van der Waals surface area contributed by atoms with Crippen LogP contribution >= 0.6 is 0 Å². The third-order valence-electron chi connectivity index (χ3n) is 5.85. The van der Waals surface area contributed by atoms with E-state index in [2.05, 4.69) is 86.5 Å². The largest absolute Gasteiger partial charge is 0.301 e. The fourth-order valence-corrected chi connectivity index (χ4v) is 4.18. The zero-order valence-electron chi connectivity index (χ0n) is 14.7. The van der Waals surface area contributed by atoms with E-state index >= 15 is 0 Å². The van der Waals surface area contributed by atoms with Crippen molar-refractivity contribution >= 4 is 0 Å². The van der Waals surface area contributed by atoms with Crippen molar-refractivity contribution in [2.45, 2.75) is 57.0 Å². The summed E-state index contributed by atoms with van der Waals surface area (Å²) in [5.74, 6) is 0. The molecule has 0 radical (unpaired) electrons. The van der Waals surface area contributed by atoms with Crippen LogP contribution in [0.5, 0.6) is 0 Å². The van der Waals surface area contributed by atoms with E-state index in [1.807, 2.05) is 0 Å². The molecule has 1 heteroatoms. The first-order valence-electron chi connectivity index (χ1n) is 8.96. The maximum atomic E-state index is 2.56. The Kier molecular flexibility index (Phi) is 4.87. The highest BCUT2D eigenvalue weighted by molar-refractivity contribution is 5.40. The van der Waals surface area contributed by atoms with Crippen LogP contribution in [-0.2, 0) is 5.41 Å². The predicted molar refractivity (Wildman–Crippen MR) is 98.8 cm³/mol. The molecule has 0 N–H and O–H groups in total. The molecule has 1 aliphatic carbocycles. The lowest BCUT2D eigenvalue weighted by Crippen LogP contribution is -2.43. The molecular formula is C22H29N. The van der Waals surface area contributed by atoms with Crippen molar-refractivity contribution < 1.29 is 0 Å². The van der Waals surface area contributed by atoms with Gasteiger partial charge in [0, 0.05) is 17.5 Å². The van der Waals surface area contributed by atoms with Crippen LogP contribution < -0.4 is 0 Å². The van der Waals surface area contributed by atoms with Gasteiger partial charge in [-0.25, -0.2) is 0 Å². The Balaban J connectivity index is 1.91. The molecule has 0 spiro atoms. The fraction of sp³-hybridized carbons (Fsp3) is 0.455. The number of rotatable bonds is 4. The second kappa shape index (κ2) is 6.88. The molecule has 0 aromatic heterocycles. The summed E-state index contributed by atoms with van der Waals surface area (Å²) in [6, 6.07) is 23.6. The number of nitrogens with zero attached hydrogens (tertiary/aromatic N) is 1. The van der Waals surface area contributed by atoms with Gasteiger partial charge in [0.1, 0.15) is 0 Å². The molecule has 0 aliphatic heterocycles. The van der Waals surface area contributed by atoms with Gasteiger partial charge in [0.25, 0.3) is 0 Å². The van der Waals surface area contributed by atoms with Crippen LogP contribution in [0.25, 0.3) is 0 Å². The lowest BCUT2D eigenvalue weighted by Gasteiger charge is -2.44. The summed E-state index contributed by atoms with van der Waals surface area (Å²) < 4.78 is 0. The normalized spacial score (nSPS) is 18.5. The lowest BCUT2D eigenvalue weighted by molar-refractivity contribution is 0.132. The van der Waals surface area contributed by atoms with E-state index in [9.17, 15) is 0 Å². The van der Waals surface area contributed by atoms with Gasteiger partial charge in [0.2, 0.25) is 0 Å². The average molecular weight is 307 g/mol. The smallest absolute Gasteiger partial charge is 0.0204 e. The van der Waals surface area contributed by atoms with E-state index in [-0.39, 0.29) is 5.41 Å². The first-order chi connectivity index (χ1) is 11.1. The van der Waals surface area contributed by atoms with Crippen LogP contribution in [0.15, 0.2) is 60.7 Å². The van der Waals surface area contributed by atoms with Gasteiger partial charge in [-0.1, -0.05) is 60.7 Å². The third kappa shape index (κ3) is 3.21. The van der Waals surface area contributed by atoms with Crippen molar-refractivity contribution in [3.05, 3.63) is 71.8 Å². The van der Waals surface area contributed by atoms with Gasteiger partial charge in [0.15, 0.2) is 0 Å². The van der Waals surface area contributed by atoms with E-state index in [1.54, 1.807) is 0 Å². The van der Waals surface area contributed by atoms with Gasteiger partial charge in [-0.2, -0.15) is 0 Å². The Morgan fingerprint density at radius 3 is 1.65 bits per heavy atom. The Morgan fingerprint density at radius 2 is 1.26 bits per heavy atom. The Morgan fingerprint density at radius 1 is 0.826 bits per heavy atom. The molecule has 0 heterocycles. The van der Waals surface area contributed by atoms with Crippen LogP contribution in [0, 0.1) is 0 Å². The van der Waals surface area contributed by atoms with E-state index < -0.39 is 0 Å². The van der Waals surface area contributed by atoms with Crippen molar-refractivity contribution in [1.82, 2.24) is 4.90 Å². The highest BCUT2D eigenvalue weighted by Gasteiger charge is 2.39. The molecule has 122 valence electrons. The van der Waals surface area contributed by atoms with Gasteiger partial charge >= 0.3 is 0 Å². The number of benzene rings is 2. The second-order valence-corrected chi connectivity index (χ2v) is 7.30. The zero-order valence-corrected chi connectivity index (χ0v) is 14.7. The summed E-state index contributed by atoms with van der Waals surface area (Å²) >= 11 is 0. The quantitative estimate of drug-likeness (QED) is 0.745.